The zero-order valence-corrected chi connectivity index (χ0v) is 14.5. The number of methoxy groups -OCH3 is 1. The number of ether oxygens (including phenoxy) is 2. The number of nitrogens with one attached hydrogen (secondary N) is 2. The summed E-state index contributed by atoms with van der Waals surface area (Å²) in [6.45, 7) is 1.01. The van der Waals surface area contributed by atoms with Crippen LogP contribution in [0.3, 0.4) is 0 Å². The SMILES string of the molecule is COc1ccccc1NCC(=O)NC1CCOC2(CCCCC2)C1. The fourth-order valence-electron chi connectivity index (χ4n) is 3.94. The van der Waals surface area contributed by atoms with Crippen LogP contribution in [0.1, 0.15) is 44.9 Å². The smallest absolute Gasteiger partial charge is 0.239 e. The lowest BCUT2D eigenvalue weighted by Crippen LogP contribution is -2.50. The zero-order chi connectivity index (χ0) is 16.8. The molecular weight excluding hydrogens is 304 g/mol. The molecule has 1 aliphatic heterocycles. The van der Waals surface area contributed by atoms with Crippen molar-refractivity contribution in [2.75, 3.05) is 25.6 Å². The molecule has 3 rings (SSSR count). The van der Waals surface area contributed by atoms with E-state index in [0.29, 0.717) is 0 Å². The number of benzene rings is 1. The lowest BCUT2D eigenvalue weighted by Gasteiger charge is -2.43. The monoisotopic (exact) mass is 332 g/mol. The summed E-state index contributed by atoms with van der Waals surface area (Å²) < 4.78 is 11.4. The molecule has 1 saturated carbocycles. The van der Waals surface area contributed by atoms with Crippen LogP contribution in [0.5, 0.6) is 5.75 Å². The van der Waals surface area contributed by atoms with Gasteiger partial charge in [-0.3, -0.25) is 4.79 Å². The molecule has 1 amide bonds. The van der Waals surface area contributed by atoms with E-state index in [9.17, 15) is 4.79 Å². The molecule has 24 heavy (non-hydrogen) atoms. The maximum atomic E-state index is 12.3. The second-order valence-corrected chi connectivity index (χ2v) is 6.90. The Morgan fingerprint density at radius 3 is 2.88 bits per heavy atom. The van der Waals surface area contributed by atoms with Crippen LogP contribution < -0.4 is 15.4 Å². The number of para-hydroxylation sites is 2. The Bertz CT molecular complexity index is 550. The van der Waals surface area contributed by atoms with Gasteiger partial charge in [-0.2, -0.15) is 0 Å². The summed E-state index contributed by atoms with van der Waals surface area (Å²) in [4.78, 5) is 12.3. The van der Waals surface area contributed by atoms with Gasteiger partial charge in [0.2, 0.25) is 5.91 Å². The molecule has 1 aliphatic carbocycles. The van der Waals surface area contributed by atoms with E-state index in [1.54, 1.807) is 7.11 Å². The van der Waals surface area contributed by atoms with Gasteiger partial charge in [0.25, 0.3) is 0 Å². The van der Waals surface area contributed by atoms with Crippen LogP contribution in [0.15, 0.2) is 24.3 Å². The molecule has 5 nitrogen and oxygen atoms in total. The Morgan fingerprint density at radius 1 is 1.29 bits per heavy atom. The lowest BCUT2D eigenvalue weighted by molar-refractivity contribution is -0.127. The summed E-state index contributed by atoms with van der Waals surface area (Å²) in [7, 11) is 1.63. The van der Waals surface area contributed by atoms with E-state index in [1.165, 1.54) is 19.3 Å². The molecule has 0 aromatic heterocycles. The molecule has 2 N–H and O–H groups in total. The second kappa shape index (κ2) is 7.88. The maximum absolute atomic E-state index is 12.3. The molecule has 0 bridgehead atoms. The first-order valence-electron chi connectivity index (χ1n) is 9.01. The van der Waals surface area contributed by atoms with Crippen LogP contribution in [0.2, 0.25) is 0 Å². The third-order valence-corrected chi connectivity index (χ3v) is 5.17. The van der Waals surface area contributed by atoms with Gasteiger partial charge >= 0.3 is 0 Å². The molecule has 1 spiro atoms. The van der Waals surface area contributed by atoms with Crippen LogP contribution >= 0.6 is 0 Å². The fourth-order valence-corrected chi connectivity index (χ4v) is 3.94. The predicted octanol–water partition coefficient (Wildman–Crippen LogP) is 3.11. The Balaban J connectivity index is 1.49. The maximum Gasteiger partial charge on any atom is 0.239 e. The van der Waals surface area contributed by atoms with Crippen molar-refractivity contribution >= 4 is 11.6 Å². The molecule has 132 valence electrons. The number of hydrogen-bond acceptors (Lipinski definition) is 4. The van der Waals surface area contributed by atoms with Gasteiger partial charge < -0.3 is 20.1 Å². The van der Waals surface area contributed by atoms with Crippen LogP contribution in [0.25, 0.3) is 0 Å². The summed E-state index contributed by atoms with van der Waals surface area (Å²) in [5.41, 5.74) is 0.857. The molecule has 2 fully saturated rings. The largest absolute Gasteiger partial charge is 0.495 e. The Kier molecular flexibility index (Phi) is 5.61. The molecular formula is C19H28N2O3. The van der Waals surface area contributed by atoms with Gasteiger partial charge in [-0.25, -0.2) is 0 Å². The van der Waals surface area contributed by atoms with Crippen molar-refractivity contribution in [1.82, 2.24) is 5.32 Å². The van der Waals surface area contributed by atoms with E-state index in [-0.39, 0.29) is 24.1 Å². The van der Waals surface area contributed by atoms with E-state index in [2.05, 4.69) is 10.6 Å². The van der Waals surface area contributed by atoms with Crippen molar-refractivity contribution in [2.45, 2.75) is 56.6 Å². The minimum atomic E-state index is 0.0184. The van der Waals surface area contributed by atoms with Gasteiger partial charge in [0.15, 0.2) is 0 Å². The van der Waals surface area contributed by atoms with Crippen molar-refractivity contribution in [3.8, 4) is 5.75 Å². The van der Waals surface area contributed by atoms with Crippen LogP contribution in [0.4, 0.5) is 5.69 Å². The molecule has 0 radical (unpaired) electrons. The van der Waals surface area contributed by atoms with Gasteiger partial charge in [-0.05, 0) is 37.8 Å². The molecule has 1 unspecified atom stereocenters. The molecule has 1 aromatic carbocycles. The Morgan fingerprint density at radius 2 is 2.08 bits per heavy atom. The zero-order valence-electron chi connectivity index (χ0n) is 14.5. The number of anilines is 1. The van der Waals surface area contributed by atoms with Crippen molar-refractivity contribution < 1.29 is 14.3 Å². The minimum Gasteiger partial charge on any atom is -0.495 e. The van der Waals surface area contributed by atoms with E-state index in [1.807, 2.05) is 24.3 Å². The van der Waals surface area contributed by atoms with Gasteiger partial charge in [0.05, 0.1) is 24.9 Å². The van der Waals surface area contributed by atoms with Crippen molar-refractivity contribution in [2.24, 2.45) is 0 Å². The lowest BCUT2D eigenvalue weighted by atomic mass is 9.78. The molecule has 5 heteroatoms. The molecule has 1 atom stereocenters. The quantitative estimate of drug-likeness (QED) is 0.870. The molecule has 1 saturated heterocycles. The average molecular weight is 332 g/mol. The van der Waals surface area contributed by atoms with Gasteiger partial charge in [0.1, 0.15) is 5.75 Å². The van der Waals surface area contributed by atoms with Gasteiger partial charge in [-0.15, -0.1) is 0 Å². The first-order chi connectivity index (χ1) is 11.7. The summed E-state index contributed by atoms with van der Waals surface area (Å²) in [6.07, 6.45) is 7.93. The van der Waals surface area contributed by atoms with Crippen LogP contribution in [-0.4, -0.2) is 37.8 Å². The highest BCUT2D eigenvalue weighted by Gasteiger charge is 2.38. The molecule has 1 heterocycles. The third-order valence-electron chi connectivity index (χ3n) is 5.17. The minimum absolute atomic E-state index is 0.0184. The number of amides is 1. The number of hydrogen-bond donors (Lipinski definition) is 2. The van der Waals surface area contributed by atoms with E-state index < -0.39 is 0 Å². The fraction of sp³-hybridized carbons (Fsp3) is 0.632. The number of carbonyl (C=O) groups excluding carboxylic acids is 1. The highest BCUT2D eigenvalue weighted by atomic mass is 16.5. The summed E-state index contributed by atoms with van der Waals surface area (Å²) >= 11 is 0. The Hall–Kier alpha value is -1.75. The first-order valence-corrected chi connectivity index (χ1v) is 9.01. The standard InChI is InChI=1S/C19H28N2O3/c1-23-17-8-4-3-7-16(17)20-14-18(22)21-15-9-12-24-19(13-15)10-5-2-6-11-19/h3-4,7-8,15,20H,2,5-6,9-14H2,1H3,(H,21,22). The summed E-state index contributed by atoms with van der Waals surface area (Å²) in [5, 5.41) is 6.33. The highest BCUT2D eigenvalue weighted by Crippen LogP contribution is 2.38. The van der Waals surface area contributed by atoms with Crippen LogP contribution in [0, 0.1) is 0 Å². The molecule has 1 aromatic rings. The number of rotatable bonds is 5. The topological polar surface area (TPSA) is 59.6 Å². The predicted molar refractivity (Wildman–Crippen MR) is 94.4 cm³/mol. The van der Waals surface area contributed by atoms with Crippen molar-refractivity contribution in [3.05, 3.63) is 24.3 Å². The summed E-state index contributed by atoms with van der Waals surface area (Å²) in [6, 6.07) is 7.86. The van der Waals surface area contributed by atoms with Crippen molar-refractivity contribution in [1.29, 1.82) is 0 Å². The average Bonchev–Trinajstić information content (AvgIpc) is 2.61. The van der Waals surface area contributed by atoms with Gasteiger partial charge in [-0.1, -0.05) is 31.4 Å². The first kappa shape index (κ1) is 17.1. The van der Waals surface area contributed by atoms with Gasteiger partial charge in [0, 0.05) is 12.6 Å². The molecule has 2 aliphatic rings. The second-order valence-electron chi connectivity index (χ2n) is 6.90. The van der Waals surface area contributed by atoms with Crippen LogP contribution in [-0.2, 0) is 9.53 Å². The number of carbonyl (C=O) groups is 1. The van der Waals surface area contributed by atoms with E-state index in [0.717, 1.165) is 43.7 Å². The van der Waals surface area contributed by atoms with E-state index in [4.69, 9.17) is 9.47 Å². The normalized spacial score (nSPS) is 22.8. The third kappa shape index (κ3) is 4.20. The summed E-state index contributed by atoms with van der Waals surface area (Å²) in [5.74, 6) is 0.774. The van der Waals surface area contributed by atoms with Crippen molar-refractivity contribution in [3.63, 3.8) is 0 Å². The highest BCUT2D eigenvalue weighted by molar-refractivity contribution is 5.81. The Labute approximate surface area is 144 Å². The van der Waals surface area contributed by atoms with E-state index >= 15 is 0 Å².